The van der Waals surface area contributed by atoms with Gasteiger partial charge < -0.3 is 4.74 Å². The van der Waals surface area contributed by atoms with Crippen LogP contribution in [0.15, 0.2) is 12.1 Å². The lowest BCUT2D eigenvalue weighted by molar-refractivity contribution is 0.0532. The molecule has 0 N–H and O–H groups in total. The van der Waals surface area contributed by atoms with Crippen molar-refractivity contribution in [1.29, 1.82) is 0 Å². The minimum Gasteiger partial charge on any atom is -0.462 e. The monoisotopic (exact) mass is 200 g/mol. The molecule has 1 aromatic rings. The molecule has 0 aromatic carbocycles. The van der Waals surface area contributed by atoms with Gasteiger partial charge >= 0.3 is 5.97 Å². The molecule has 13 heavy (non-hydrogen) atoms. The zero-order valence-electron chi connectivity index (χ0n) is 8.59. The number of carbonyl (C=O) groups excluding carboxylic acids is 1. The molecule has 74 valence electrons. The van der Waals surface area contributed by atoms with Crippen LogP contribution < -0.4 is 0 Å². The second-order valence-corrected chi connectivity index (χ2v) is 3.42. The first kappa shape index (κ1) is 12.2. The van der Waals surface area contributed by atoms with E-state index in [-0.39, 0.29) is 5.97 Å². The maximum absolute atomic E-state index is 11.0. The van der Waals surface area contributed by atoms with Crippen LogP contribution in [-0.4, -0.2) is 12.6 Å². The Morgan fingerprint density at radius 3 is 2.46 bits per heavy atom. The van der Waals surface area contributed by atoms with Crippen LogP contribution in [0.25, 0.3) is 0 Å². The van der Waals surface area contributed by atoms with Gasteiger partial charge in [0.25, 0.3) is 0 Å². The number of carbonyl (C=O) groups is 1. The molecule has 1 aromatic heterocycles. The minimum atomic E-state index is -0.217. The molecule has 0 radical (unpaired) electrons. The Balaban J connectivity index is 0.000000671. The van der Waals surface area contributed by atoms with Crippen molar-refractivity contribution in [2.24, 2.45) is 0 Å². The molecule has 0 aliphatic heterocycles. The van der Waals surface area contributed by atoms with E-state index in [1.54, 1.807) is 13.0 Å². The summed E-state index contributed by atoms with van der Waals surface area (Å²) in [5.41, 5.74) is 0. The topological polar surface area (TPSA) is 26.3 Å². The van der Waals surface area contributed by atoms with Gasteiger partial charge in [-0.25, -0.2) is 4.79 Å². The van der Waals surface area contributed by atoms with Crippen molar-refractivity contribution >= 4 is 17.3 Å². The molecule has 2 nitrogen and oxygen atoms in total. The zero-order valence-corrected chi connectivity index (χ0v) is 9.40. The first-order valence-electron chi connectivity index (χ1n) is 4.47. The summed E-state index contributed by atoms with van der Waals surface area (Å²) in [4.78, 5) is 12.9. The first-order chi connectivity index (χ1) is 6.24. The molecule has 0 amide bonds. The van der Waals surface area contributed by atoms with E-state index in [0.29, 0.717) is 11.5 Å². The van der Waals surface area contributed by atoms with E-state index < -0.39 is 0 Å². The summed E-state index contributed by atoms with van der Waals surface area (Å²) in [5, 5.41) is 0. The summed E-state index contributed by atoms with van der Waals surface area (Å²) in [6.07, 6.45) is 0. The summed E-state index contributed by atoms with van der Waals surface area (Å²) in [5.74, 6) is -0.217. The van der Waals surface area contributed by atoms with Crippen LogP contribution in [0.4, 0.5) is 0 Å². The lowest BCUT2D eigenvalue weighted by Gasteiger charge is -1.95. The van der Waals surface area contributed by atoms with Gasteiger partial charge in [0.05, 0.1) is 6.61 Å². The smallest absolute Gasteiger partial charge is 0.348 e. The van der Waals surface area contributed by atoms with Gasteiger partial charge in [-0.3, -0.25) is 0 Å². The molecule has 0 aliphatic rings. The average Bonchev–Trinajstić information content (AvgIpc) is 2.56. The highest BCUT2D eigenvalue weighted by Gasteiger charge is 2.07. The van der Waals surface area contributed by atoms with E-state index in [1.165, 1.54) is 11.3 Å². The molecule has 0 spiro atoms. The van der Waals surface area contributed by atoms with Gasteiger partial charge in [-0.05, 0) is 26.0 Å². The quantitative estimate of drug-likeness (QED) is 0.685. The number of ether oxygens (including phenoxy) is 1. The van der Waals surface area contributed by atoms with Crippen molar-refractivity contribution in [3.63, 3.8) is 0 Å². The van der Waals surface area contributed by atoms with Gasteiger partial charge in [0.15, 0.2) is 0 Å². The number of hydrogen-bond acceptors (Lipinski definition) is 3. The molecule has 0 unspecified atom stereocenters. The van der Waals surface area contributed by atoms with E-state index in [9.17, 15) is 4.79 Å². The van der Waals surface area contributed by atoms with Crippen LogP contribution in [0.3, 0.4) is 0 Å². The van der Waals surface area contributed by atoms with Gasteiger partial charge in [0.2, 0.25) is 0 Å². The normalized spacial score (nSPS) is 8.62. The Bertz CT molecular complexity index is 253. The molecule has 0 fully saturated rings. The largest absolute Gasteiger partial charge is 0.462 e. The fourth-order valence-corrected chi connectivity index (χ4v) is 1.51. The number of esters is 1. The molecular formula is C10H16O2S. The molecule has 0 aliphatic carbocycles. The predicted octanol–water partition coefficient (Wildman–Crippen LogP) is 3.26. The Labute approximate surface area is 83.5 Å². The average molecular weight is 200 g/mol. The van der Waals surface area contributed by atoms with E-state index in [2.05, 4.69) is 0 Å². The Hall–Kier alpha value is -0.830. The van der Waals surface area contributed by atoms with E-state index in [0.717, 1.165) is 4.88 Å². The first-order valence-corrected chi connectivity index (χ1v) is 5.29. The van der Waals surface area contributed by atoms with Crippen LogP contribution in [0.5, 0.6) is 0 Å². The number of aryl methyl sites for hydroxylation is 1. The third kappa shape index (κ3) is 4.08. The number of hydrogen-bond donors (Lipinski definition) is 0. The SMILES string of the molecule is CC.CCOC(=O)c1ccc(C)s1. The van der Waals surface area contributed by atoms with Crippen molar-refractivity contribution in [1.82, 2.24) is 0 Å². The summed E-state index contributed by atoms with van der Waals surface area (Å²) in [6, 6.07) is 3.70. The van der Waals surface area contributed by atoms with Gasteiger partial charge in [0, 0.05) is 4.88 Å². The highest BCUT2D eigenvalue weighted by molar-refractivity contribution is 7.13. The summed E-state index contributed by atoms with van der Waals surface area (Å²) >= 11 is 1.46. The molecule has 1 heterocycles. The summed E-state index contributed by atoms with van der Waals surface area (Å²) in [7, 11) is 0. The van der Waals surface area contributed by atoms with E-state index >= 15 is 0 Å². The predicted molar refractivity (Wildman–Crippen MR) is 56.4 cm³/mol. The van der Waals surface area contributed by atoms with Crippen LogP contribution in [0.1, 0.15) is 35.3 Å². The van der Waals surface area contributed by atoms with E-state index in [4.69, 9.17) is 4.74 Å². The standard InChI is InChI=1S/C8H10O2S.C2H6/c1-3-10-8(9)7-5-4-6(2)11-7;1-2/h4-5H,3H2,1-2H3;1-2H3. The van der Waals surface area contributed by atoms with Crippen molar-refractivity contribution in [3.05, 3.63) is 21.9 Å². The van der Waals surface area contributed by atoms with Crippen LogP contribution in [0.2, 0.25) is 0 Å². The van der Waals surface area contributed by atoms with Crippen LogP contribution >= 0.6 is 11.3 Å². The fraction of sp³-hybridized carbons (Fsp3) is 0.500. The van der Waals surface area contributed by atoms with Crippen LogP contribution in [-0.2, 0) is 4.74 Å². The molecule has 0 bridgehead atoms. The zero-order chi connectivity index (χ0) is 10.3. The third-order valence-corrected chi connectivity index (χ3v) is 2.20. The molecule has 0 saturated heterocycles. The van der Waals surface area contributed by atoms with Gasteiger partial charge in [-0.15, -0.1) is 11.3 Å². The minimum absolute atomic E-state index is 0.217. The lowest BCUT2D eigenvalue weighted by Crippen LogP contribution is -2.01. The van der Waals surface area contributed by atoms with Crippen molar-refractivity contribution in [2.45, 2.75) is 27.7 Å². The van der Waals surface area contributed by atoms with Crippen LogP contribution in [0, 0.1) is 6.92 Å². The van der Waals surface area contributed by atoms with Gasteiger partial charge in [-0.2, -0.15) is 0 Å². The van der Waals surface area contributed by atoms with Gasteiger partial charge in [0.1, 0.15) is 4.88 Å². The highest BCUT2D eigenvalue weighted by atomic mass is 32.1. The maximum Gasteiger partial charge on any atom is 0.348 e. The summed E-state index contributed by atoms with van der Waals surface area (Å²) in [6.45, 7) is 8.21. The number of thiophene rings is 1. The molecular weight excluding hydrogens is 184 g/mol. The molecule has 3 heteroatoms. The Morgan fingerprint density at radius 2 is 2.08 bits per heavy atom. The fourth-order valence-electron chi connectivity index (χ4n) is 0.746. The van der Waals surface area contributed by atoms with Crippen molar-refractivity contribution in [2.75, 3.05) is 6.61 Å². The van der Waals surface area contributed by atoms with Gasteiger partial charge in [-0.1, -0.05) is 13.8 Å². The number of rotatable bonds is 2. The Morgan fingerprint density at radius 1 is 1.46 bits per heavy atom. The Kier molecular flexibility index (Phi) is 6.24. The van der Waals surface area contributed by atoms with Crippen molar-refractivity contribution < 1.29 is 9.53 Å². The summed E-state index contributed by atoms with van der Waals surface area (Å²) < 4.78 is 4.81. The third-order valence-electron chi connectivity index (χ3n) is 1.22. The lowest BCUT2D eigenvalue weighted by atomic mass is 10.4. The second-order valence-electron chi connectivity index (χ2n) is 2.13. The van der Waals surface area contributed by atoms with Crippen molar-refractivity contribution in [3.8, 4) is 0 Å². The highest BCUT2D eigenvalue weighted by Crippen LogP contribution is 2.15. The maximum atomic E-state index is 11.0. The molecule has 1 rings (SSSR count). The second kappa shape index (κ2) is 6.66. The van der Waals surface area contributed by atoms with E-state index in [1.807, 2.05) is 26.8 Å². The molecule has 0 atom stereocenters. The molecule has 0 saturated carbocycles.